The Bertz CT molecular complexity index is 1010. The number of hydrogen-bond acceptors (Lipinski definition) is 4. The zero-order valence-electron chi connectivity index (χ0n) is 16.5. The molecule has 0 aliphatic carbocycles. The average Bonchev–Trinajstić information content (AvgIpc) is 3.34. The van der Waals surface area contributed by atoms with E-state index < -0.39 is 0 Å². The standard InChI is InChI=1S/C22H25N5O2/c1-16(28)26-12-9-18(15-26)21-19-8-5-10-24-22(19)27(25-21)13-11-23-20(29)14-17-6-3-2-4-7-17/h2-8,10,18H,9,11-15H2,1H3,(H,23,29)/t18-/m1/s1. The molecule has 1 aliphatic rings. The van der Waals surface area contributed by atoms with Gasteiger partial charge in [-0.1, -0.05) is 30.3 Å². The van der Waals surface area contributed by atoms with Gasteiger partial charge in [-0.15, -0.1) is 0 Å². The van der Waals surface area contributed by atoms with Gasteiger partial charge in [0, 0.05) is 44.1 Å². The number of carbonyl (C=O) groups excluding carboxylic acids is 2. The fourth-order valence-corrected chi connectivity index (χ4v) is 3.91. The van der Waals surface area contributed by atoms with Gasteiger partial charge in [0.1, 0.15) is 0 Å². The Labute approximate surface area is 169 Å². The molecule has 0 spiro atoms. The highest BCUT2D eigenvalue weighted by atomic mass is 16.2. The summed E-state index contributed by atoms with van der Waals surface area (Å²) in [5.41, 5.74) is 2.81. The largest absolute Gasteiger partial charge is 0.354 e. The van der Waals surface area contributed by atoms with Gasteiger partial charge in [-0.25, -0.2) is 9.67 Å². The third-order valence-electron chi connectivity index (χ3n) is 5.41. The summed E-state index contributed by atoms with van der Waals surface area (Å²) in [6, 6.07) is 13.6. The first-order chi connectivity index (χ1) is 14.1. The minimum absolute atomic E-state index is 0.00580. The maximum atomic E-state index is 12.2. The molecule has 3 heterocycles. The summed E-state index contributed by atoms with van der Waals surface area (Å²) in [7, 11) is 0. The van der Waals surface area contributed by atoms with Gasteiger partial charge in [0.05, 0.1) is 18.7 Å². The third-order valence-corrected chi connectivity index (χ3v) is 5.41. The topological polar surface area (TPSA) is 80.1 Å². The number of aromatic nitrogens is 3. The second-order valence-electron chi connectivity index (χ2n) is 7.45. The van der Waals surface area contributed by atoms with Gasteiger partial charge in [0.15, 0.2) is 5.65 Å². The van der Waals surface area contributed by atoms with Gasteiger partial charge >= 0.3 is 0 Å². The van der Waals surface area contributed by atoms with Crippen LogP contribution in [0.15, 0.2) is 48.7 Å². The van der Waals surface area contributed by atoms with Crippen molar-refractivity contribution >= 4 is 22.8 Å². The fourth-order valence-electron chi connectivity index (χ4n) is 3.91. The number of amides is 2. The van der Waals surface area contributed by atoms with Gasteiger partial charge in [-0.2, -0.15) is 5.10 Å². The van der Waals surface area contributed by atoms with Crippen LogP contribution in [0.1, 0.15) is 30.5 Å². The monoisotopic (exact) mass is 391 g/mol. The van der Waals surface area contributed by atoms with E-state index in [-0.39, 0.29) is 17.7 Å². The molecule has 1 fully saturated rings. The van der Waals surface area contributed by atoms with Crippen molar-refractivity contribution in [2.45, 2.75) is 32.2 Å². The first-order valence-corrected chi connectivity index (χ1v) is 9.99. The van der Waals surface area contributed by atoms with Gasteiger partial charge < -0.3 is 10.2 Å². The summed E-state index contributed by atoms with van der Waals surface area (Å²) in [6.07, 6.45) is 3.04. The van der Waals surface area contributed by atoms with E-state index in [1.54, 1.807) is 13.1 Å². The van der Waals surface area contributed by atoms with Crippen molar-refractivity contribution in [3.8, 4) is 0 Å². The molecule has 1 N–H and O–H groups in total. The van der Waals surface area contributed by atoms with Crippen molar-refractivity contribution in [2.24, 2.45) is 0 Å². The Hall–Kier alpha value is -3.22. The van der Waals surface area contributed by atoms with Gasteiger partial charge in [-0.3, -0.25) is 9.59 Å². The number of fused-ring (bicyclic) bond motifs is 1. The van der Waals surface area contributed by atoms with Crippen molar-refractivity contribution in [2.75, 3.05) is 19.6 Å². The van der Waals surface area contributed by atoms with Crippen molar-refractivity contribution in [3.63, 3.8) is 0 Å². The van der Waals surface area contributed by atoms with E-state index in [1.165, 1.54) is 0 Å². The smallest absolute Gasteiger partial charge is 0.224 e. The Morgan fingerprint density at radius 3 is 2.76 bits per heavy atom. The molecular formula is C22H25N5O2. The zero-order valence-corrected chi connectivity index (χ0v) is 16.5. The van der Waals surface area contributed by atoms with E-state index in [1.807, 2.05) is 52.0 Å². The average molecular weight is 391 g/mol. The highest BCUT2D eigenvalue weighted by Crippen LogP contribution is 2.31. The molecule has 1 aliphatic heterocycles. The third kappa shape index (κ3) is 4.29. The zero-order chi connectivity index (χ0) is 20.2. The lowest BCUT2D eigenvalue weighted by molar-refractivity contribution is -0.127. The van der Waals surface area contributed by atoms with Gasteiger partial charge in [-0.05, 0) is 24.1 Å². The molecule has 7 heteroatoms. The van der Waals surface area contributed by atoms with Crippen LogP contribution in [-0.2, 0) is 22.6 Å². The van der Waals surface area contributed by atoms with Gasteiger partial charge in [0.25, 0.3) is 0 Å². The van der Waals surface area contributed by atoms with Gasteiger partial charge in [0.2, 0.25) is 11.8 Å². The van der Waals surface area contributed by atoms with E-state index in [0.717, 1.165) is 35.3 Å². The minimum Gasteiger partial charge on any atom is -0.354 e. The predicted molar refractivity (Wildman–Crippen MR) is 110 cm³/mol. The second kappa shape index (κ2) is 8.43. The van der Waals surface area contributed by atoms with Crippen LogP contribution in [0, 0.1) is 0 Å². The molecule has 3 aromatic rings. The summed E-state index contributed by atoms with van der Waals surface area (Å²) in [5, 5.41) is 8.80. The number of pyridine rings is 1. The van der Waals surface area contributed by atoms with Crippen molar-refractivity contribution in [3.05, 3.63) is 59.9 Å². The Morgan fingerprint density at radius 1 is 1.17 bits per heavy atom. The predicted octanol–water partition coefficient (Wildman–Crippen LogP) is 2.13. The van der Waals surface area contributed by atoms with Crippen LogP contribution in [-0.4, -0.2) is 51.1 Å². The molecule has 150 valence electrons. The van der Waals surface area contributed by atoms with Crippen LogP contribution in [0.3, 0.4) is 0 Å². The first kappa shape index (κ1) is 19.1. The molecule has 2 amide bonds. The molecule has 1 atom stereocenters. The normalized spacial score (nSPS) is 16.3. The number of benzene rings is 1. The number of nitrogens with one attached hydrogen (secondary N) is 1. The maximum Gasteiger partial charge on any atom is 0.224 e. The molecule has 0 radical (unpaired) electrons. The number of likely N-dealkylation sites (tertiary alicyclic amines) is 1. The lowest BCUT2D eigenvalue weighted by Crippen LogP contribution is -2.29. The van der Waals surface area contributed by atoms with Crippen LogP contribution in [0.4, 0.5) is 0 Å². The molecule has 4 rings (SSSR count). The van der Waals surface area contributed by atoms with E-state index >= 15 is 0 Å². The molecule has 2 aromatic heterocycles. The Kier molecular flexibility index (Phi) is 5.55. The first-order valence-electron chi connectivity index (χ1n) is 9.99. The van der Waals surface area contributed by atoms with Crippen LogP contribution < -0.4 is 5.32 Å². The van der Waals surface area contributed by atoms with E-state index in [0.29, 0.717) is 26.1 Å². The minimum atomic E-state index is -0.00580. The number of rotatable bonds is 6. The quantitative estimate of drug-likeness (QED) is 0.698. The molecule has 29 heavy (non-hydrogen) atoms. The molecule has 7 nitrogen and oxygen atoms in total. The number of nitrogens with zero attached hydrogens (tertiary/aromatic N) is 4. The van der Waals surface area contributed by atoms with E-state index in [2.05, 4.69) is 10.3 Å². The van der Waals surface area contributed by atoms with Crippen LogP contribution in [0.25, 0.3) is 11.0 Å². The summed E-state index contributed by atoms with van der Waals surface area (Å²) in [4.78, 5) is 30.2. The van der Waals surface area contributed by atoms with E-state index in [9.17, 15) is 9.59 Å². The Morgan fingerprint density at radius 2 is 2.00 bits per heavy atom. The van der Waals surface area contributed by atoms with Crippen LogP contribution in [0.2, 0.25) is 0 Å². The second-order valence-corrected chi connectivity index (χ2v) is 7.45. The summed E-state index contributed by atoms with van der Waals surface area (Å²) < 4.78 is 1.86. The molecule has 1 saturated heterocycles. The summed E-state index contributed by atoms with van der Waals surface area (Å²) in [5.74, 6) is 0.323. The molecule has 0 unspecified atom stereocenters. The molecule has 0 saturated carbocycles. The van der Waals surface area contributed by atoms with E-state index in [4.69, 9.17) is 5.10 Å². The van der Waals surface area contributed by atoms with Crippen LogP contribution >= 0.6 is 0 Å². The summed E-state index contributed by atoms with van der Waals surface area (Å²) >= 11 is 0. The number of hydrogen-bond donors (Lipinski definition) is 1. The molecule has 0 bridgehead atoms. The summed E-state index contributed by atoms with van der Waals surface area (Å²) in [6.45, 7) is 4.12. The lowest BCUT2D eigenvalue weighted by Gasteiger charge is -2.12. The molecular weight excluding hydrogens is 366 g/mol. The maximum absolute atomic E-state index is 12.2. The molecule has 1 aromatic carbocycles. The van der Waals surface area contributed by atoms with Crippen molar-refractivity contribution in [1.82, 2.24) is 25.0 Å². The highest BCUT2D eigenvalue weighted by Gasteiger charge is 2.29. The van der Waals surface area contributed by atoms with Crippen molar-refractivity contribution < 1.29 is 9.59 Å². The number of carbonyl (C=O) groups is 2. The SMILES string of the molecule is CC(=O)N1CC[C@@H](c2nn(CCNC(=O)Cc3ccccc3)c3ncccc23)C1. The van der Waals surface area contributed by atoms with Crippen LogP contribution in [0.5, 0.6) is 0 Å². The van der Waals surface area contributed by atoms with Crippen molar-refractivity contribution in [1.29, 1.82) is 0 Å². The fraction of sp³-hybridized carbons (Fsp3) is 0.364. The highest BCUT2D eigenvalue weighted by molar-refractivity contribution is 5.80. The lowest BCUT2D eigenvalue weighted by atomic mass is 10.0. The Balaban J connectivity index is 1.43.